The van der Waals surface area contributed by atoms with Gasteiger partial charge in [-0.3, -0.25) is 4.79 Å². The quantitative estimate of drug-likeness (QED) is 0.336. The van der Waals surface area contributed by atoms with E-state index >= 15 is 0 Å². The summed E-state index contributed by atoms with van der Waals surface area (Å²) in [5, 5.41) is 3.80. The Morgan fingerprint density at radius 3 is 2.14 bits per heavy atom. The fourth-order valence-electron chi connectivity index (χ4n) is 3.49. The summed E-state index contributed by atoms with van der Waals surface area (Å²) in [4.78, 5) is 13.0. The SMILES string of the molecule is COc1ccc([C@H](C)NC(=O)CN(Cc2c(Cl)cccc2Cl)S(=O)(=O)c2ccc(Cl)cc2)cc1OC. The van der Waals surface area contributed by atoms with Crippen molar-refractivity contribution in [2.75, 3.05) is 20.8 Å². The first kappa shape index (κ1) is 28.1. The number of nitrogens with zero attached hydrogens (tertiary/aromatic N) is 1. The van der Waals surface area contributed by atoms with Crippen LogP contribution in [0, 0.1) is 0 Å². The van der Waals surface area contributed by atoms with Crippen molar-refractivity contribution < 1.29 is 22.7 Å². The summed E-state index contributed by atoms with van der Waals surface area (Å²) in [6.07, 6.45) is 0. The minimum atomic E-state index is -4.10. The third-order valence-electron chi connectivity index (χ3n) is 5.45. The van der Waals surface area contributed by atoms with Gasteiger partial charge in [0.05, 0.1) is 31.7 Å². The summed E-state index contributed by atoms with van der Waals surface area (Å²) >= 11 is 18.5. The maximum Gasteiger partial charge on any atom is 0.243 e. The molecular formula is C25H25Cl3N2O5S. The molecule has 0 fully saturated rings. The Morgan fingerprint density at radius 1 is 0.944 bits per heavy atom. The number of hydrogen-bond donors (Lipinski definition) is 1. The third-order valence-corrected chi connectivity index (χ3v) is 8.22. The molecule has 0 heterocycles. The molecule has 192 valence electrons. The van der Waals surface area contributed by atoms with Gasteiger partial charge < -0.3 is 14.8 Å². The van der Waals surface area contributed by atoms with Crippen molar-refractivity contribution >= 4 is 50.7 Å². The lowest BCUT2D eigenvalue weighted by Crippen LogP contribution is -2.41. The van der Waals surface area contributed by atoms with E-state index in [1.807, 2.05) is 0 Å². The highest BCUT2D eigenvalue weighted by atomic mass is 35.5. The molecule has 0 unspecified atom stereocenters. The van der Waals surface area contributed by atoms with Crippen LogP contribution in [0.4, 0.5) is 0 Å². The van der Waals surface area contributed by atoms with Crippen LogP contribution in [-0.4, -0.2) is 39.4 Å². The molecule has 0 radical (unpaired) electrons. The van der Waals surface area contributed by atoms with Crippen LogP contribution in [0.2, 0.25) is 15.1 Å². The van der Waals surface area contributed by atoms with Gasteiger partial charge in [0, 0.05) is 27.2 Å². The molecule has 1 amide bonds. The number of hydrogen-bond acceptors (Lipinski definition) is 5. The van der Waals surface area contributed by atoms with Crippen LogP contribution in [0.15, 0.2) is 65.6 Å². The molecule has 0 aliphatic heterocycles. The largest absolute Gasteiger partial charge is 0.493 e. The number of benzene rings is 3. The van der Waals surface area contributed by atoms with E-state index in [-0.39, 0.29) is 21.5 Å². The molecule has 36 heavy (non-hydrogen) atoms. The first-order valence-corrected chi connectivity index (χ1v) is 13.3. The lowest BCUT2D eigenvalue weighted by atomic mass is 10.1. The molecule has 0 aliphatic carbocycles. The van der Waals surface area contributed by atoms with Crippen LogP contribution < -0.4 is 14.8 Å². The van der Waals surface area contributed by atoms with E-state index in [2.05, 4.69) is 5.32 Å². The molecule has 0 saturated carbocycles. The number of methoxy groups -OCH3 is 2. The van der Waals surface area contributed by atoms with Crippen molar-refractivity contribution in [3.63, 3.8) is 0 Å². The van der Waals surface area contributed by atoms with E-state index in [0.717, 1.165) is 9.87 Å². The Bertz CT molecular complexity index is 1310. The summed E-state index contributed by atoms with van der Waals surface area (Å²) in [6.45, 7) is 1.11. The molecule has 3 rings (SSSR count). The van der Waals surface area contributed by atoms with Crippen LogP contribution in [0.25, 0.3) is 0 Å². The highest BCUT2D eigenvalue weighted by Crippen LogP contribution is 2.31. The predicted molar refractivity (Wildman–Crippen MR) is 142 cm³/mol. The number of carbonyl (C=O) groups is 1. The average molecular weight is 572 g/mol. The second-order valence-corrected chi connectivity index (χ2v) is 11.0. The second kappa shape index (κ2) is 12.2. The summed E-state index contributed by atoms with van der Waals surface area (Å²) in [5.41, 5.74) is 1.14. The van der Waals surface area contributed by atoms with Gasteiger partial charge in [0.2, 0.25) is 15.9 Å². The summed E-state index contributed by atoms with van der Waals surface area (Å²) < 4.78 is 38.6. The molecule has 3 aromatic carbocycles. The van der Waals surface area contributed by atoms with Crippen molar-refractivity contribution in [1.29, 1.82) is 0 Å². The molecular weight excluding hydrogens is 547 g/mol. The number of sulfonamides is 1. The molecule has 7 nitrogen and oxygen atoms in total. The number of rotatable bonds is 10. The van der Waals surface area contributed by atoms with Gasteiger partial charge in [-0.2, -0.15) is 4.31 Å². The first-order valence-electron chi connectivity index (χ1n) is 10.8. The maximum atomic E-state index is 13.5. The Labute approximate surface area is 225 Å². The van der Waals surface area contributed by atoms with E-state index in [1.165, 1.54) is 38.5 Å². The summed E-state index contributed by atoms with van der Waals surface area (Å²) in [6, 6.07) is 15.4. The van der Waals surface area contributed by atoms with E-state index in [0.29, 0.717) is 22.1 Å². The van der Waals surface area contributed by atoms with Crippen LogP contribution in [0.5, 0.6) is 11.5 Å². The fraction of sp³-hybridized carbons (Fsp3) is 0.240. The Kier molecular flexibility index (Phi) is 9.49. The van der Waals surface area contributed by atoms with Gasteiger partial charge in [-0.1, -0.05) is 46.9 Å². The molecule has 0 spiro atoms. The third kappa shape index (κ3) is 6.63. The van der Waals surface area contributed by atoms with Gasteiger partial charge >= 0.3 is 0 Å². The smallest absolute Gasteiger partial charge is 0.243 e. The minimum Gasteiger partial charge on any atom is -0.493 e. The molecule has 0 saturated heterocycles. The number of carbonyl (C=O) groups excluding carboxylic acids is 1. The monoisotopic (exact) mass is 570 g/mol. The zero-order chi connectivity index (χ0) is 26.5. The van der Waals surface area contributed by atoms with Crippen LogP contribution in [0.3, 0.4) is 0 Å². The number of halogens is 3. The van der Waals surface area contributed by atoms with Gasteiger partial charge in [0.15, 0.2) is 11.5 Å². The first-order chi connectivity index (χ1) is 17.1. The zero-order valence-electron chi connectivity index (χ0n) is 19.8. The van der Waals surface area contributed by atoms with Crippen molar-refractivity contribution in [2.24, 2.45) is 0 Å². The number of ether oxygens (including phenoxy) is 2. The van der Waals surface area contributed by atoms with Gasteiger partial charge in [-0.15, -0.1) is 0 Å². The van der Waals surface area contributed by atoms with Gasteiger partial charge in [0.25, 0.3) is 0 Å². The lowest BCUT2D eigenvalue weighted by molar-refractivity contribution is -0.122. The predicted octanol–water partition coefficient (Wildman–Crippen LogP) is 5.73. The molecule has 0 aliphatic rings. The van der Waals surface area contributed by atoms with Gasteiger partial charge in [0.1, 0.15) is 0 Å². The van der Waals surface area contributed by atoms with Crippen molar-refractivity contribution in [1.82, 2.24) is 9.62 Å². The topological polar surface area (TPSA) is 84.9 Å². The maximum absolute atomic E-state index is 13.5. The molecule has 11 heteroatoms. The molecule has 1 N–H and O–H groups in total. The summed E-state index contributed by atoms with van der Waals surface area (Å²) in [5.74, 6) is 0.547. The highest BCUT2D eigenvalue weighted by Gasteiger charge is 2.29. The van der Waals surface area contributed by atoms with Crippen molar-refractivity contribution in [2.45, 2.75) is 24.4 Å². The second-order valence-electron chi connectivity index (χ2n) is 7.83. The van der Waals surface area contributed by atoms with E-state index in [4.69, 9.17) is 44.3 Å². The summed E-state index contributed by atoms with van der Waals surface area (Å²) in [7, 11) is -1.06. The zero-order valence-corrected chi connectivity index (χ0v) is 22.9. The molecule has 3 aromatic rings. The fourth-order valence-corrected chi connectivity index (χ4v) is 5.50. The van der Waals surface area contributed by atoms with E-state index in [9.17, 15) is 13.2 Å². The standard InChI is InChI=1S/C25H25Cl3N2O5S/c1-16(17-7-12-23(34-2)24(13-17)35-3)29-25(31)15-30(14-20-21(27)5-4-6-22(20)28)36(32,33)19-10-8-18(26)9-11-19/h4-13,16H,14-15H2,1-3H3,(H,29,31)/t16-/m0/s1. The number of amides is 1. The van der Waals surface area contributed by atoms with Crippen LogP contribution in [0.1, 0.15) is 24.1 Å². The Balaban J connectivity index is 1.88. The molecule has 0 aromatic heterocycles. The normalized spacial score (nSPS) is 12.3. The van der Waals surface area contributed by atoms with E-state index in [1.54, 1.807) is 43.3 Å². The average Bonchev–Trinajstić information content (AvgIpc) is 2.85. The Hall–Kier alpha value is -2.49. The molecule has 1 atom stereocenters. The van der Waals surface area contributed by atoms with Crippen LogP contribution >= 0.6 is 34.8 Å². The lowest BCUT2D eigenvalue weighted by Gasteiger charge is -2.24. The molecule has 0 bridgehead atoms. The van der Waals surface area contributed by atoms with Gasteiger partial charge in [-0.25, -0.2) is 8.42 Å². The van der Waals surface area contributed by atoms with Crippen molar-refractivity contribution in [3.05, 3.63) is 86.9 Å². The van der Waals surface area contributed by atoms with E-state index < -0.39 is 28.5 Å². The minimum absolute atomic E-state index is 0.0178. The van der Waals surface area contributed by atoms with Crippen molar-refractivity contribution in [3.8, 4) is 11.5 Å². The Morgan fingerprint density at radius 2 is 1.56 bits per heavy atom. The highest BCUT2D eigenvalue weighted by molar-refractivity contribution is 7.89. The van der Waals surface area contributed by atoms with Gasteiger partial charge in [-0.05, 0) is 61.0 Å². The number of nitrogens with one attached hydrogen (secondary N) is 1. The van der Waals surface area contributed by atoms with Crippen LogP contribution in [-0.2, 0) is 21.4 Å².